The maximum absolute atomic E-state index is 12.9. The van der Waals surface area contributed by atoms with Crippen molar-refractivity contribution in [3.05, 3.63) is 72.9 Å². The van der Waals surface area contributed by atoms with Crippen LogP contribution in [0, 0.1) is 0 Å². The van der Waals surface area contributed by atoms with Crippen LogP contribution in [0.25, 0.3) is 0 Å². The largest absolute Gasteiger partial charge is 0.756 e. The van der Waals surface area contributed by atoms with Gasteiger partial charge in [0.2, 0.25) is 0 Å². The van der Waals surface area contributed by atoms with Crippen molar-refractivity contribution in [2.24, 2.45) is 0 Å². The summed E-state index contributed by atoms with van der Waals surface area (Å²) in [7, 11) is 1.19. The molecule has 0 fully saturated rings. The van der Waals surface area contributed by atoms with Gasteiger partial charge < -0.3 is 27.9 Å². The van der Waals surface area contributed by atoms with Crippen LogP contribution in [-0.4, -0.2) is 70.0 Å². The summed E-state index contributed by atoms with van der Waals surface area (Å²) in [5.41, 5.74) is 0. The molecule has 10 heteroatoms. The number of carbonyl (C=O) groups excluding carboxylic acids is 2. The first-order valence-corrected chi connectivity index (χ1v) is 44.1. The van der Waals surface area contributed by atoms with Crippen LogP contribution in [-0.2, 0) is 32.7 Å². The quantitative estimate of drug-likeness (QED) is 0.0195. The van der Waals surface area contributed by atoms with Crippen molar-refractivity contribution in [1.82, 2.24) is 0 Å². The van der Waals surface area contributed by atoms with Crippen molar-refractivity contribution >= 4 is 19.8 Å². The Balaban J connectivity index is 3.87. The number of hydrogen-bond donors (Lipinski definition) is 0. The zero-order valence-electron chi connectivity index (χ0n) is 65.7. The molecule has 0 saturated heterocycles. The monoisotopic (exact) mass is 1390 g/mol. The SMILES string of the molecule is CC/C=C\C/C=C\C/C=C\C/C=C\CCCCCCCCCCCCCCCCCCCCCCCCCCCCCCC(=O)OC(COC(=O)CCCCCCCCCCCCCCCCCCCCCCC/C=C\C/C=C\CCCCCCC)COP(=O)([O-])OCC[N+](C)(C)C. The lowest BCUT2D eigenvalue weighted by molar-refractivity contribution is -0.870. The summed E-state index contributed by atoms with van der Waals surface area (Å²) in [6.07, 6.45) is 108. The lowest BCUT2D eigenvalue weighted by Gasteiger charge is -2.28. The van der Waals surface area contributed by atoms with E-state index < -0.39 is 26.5 Å². The molecular weight excluding hydrogens is 1230 g/mol. The van der Waals surface area contributed by atoms with Crippen LogP contribution in [0.15, 0.2) is 72.9 Å². The average molecular weight is 1400 g/mol. The standard InChI is InChI=1S/C88H164NO8P/c1-6-8-10-12-14-16-18-20-22-24-26-28-30-32-34-36-38-40-41-42-43-44-45-46-47-49-51-53-55-57-59-61-63-65-67-69-71-73-75-77-79-81-88(91)97-86(85-96-98(92,93)95-83-82-89(3,4)5)84-94-87(90)80-78-76-74-72-70-68-66-64-62-60-58-56-54-52-50-48-39-37-35-33-31-29-27-25-23-21-19-17-15-13-11-9-7-2/h8,10,14,16,19-22,25-28,86H,6-7,9,11-13,15,17-18,23-24,29-85H2,1-5H3/b10-8-,16-14-,21-19-,22-20-,27-25-,28-26-. The maximum Gasteiger partial charge on any atom is 0.306 e. The highest BCUT2D eigenvalue weighted by Crippen LogP contribution is 2.38. The average Bonchev–Trinajstić information content (AvgIpc) is 1.08. The number of quaternary nitrogens is 1. The molecule has 0 spiro atoms. The summed E-state index contributed by atoms with van der Waals surface area (Å²) in [5.74, 6) is -0.808. The summed E-state index contributed by atoms with van der Waals surface area (Å²) in [6.45, 7) is 4.19. The molecule has 0 aromatic heterocycles. The molecular formula is C88H164NO8P. The summed E-state index contributed by atoms with van der Waals surface area (Å²) >= 11 is 0. The predicted molar refractivity (Wildman–Crippen MR) is 425 cm³/mol. The van der Waals surface area contributed by atoms with Crippen LogP contribution in [0.3, 0.4) is 0 Å². The number of phosphoric ester groups is 1. The number of carbonyl (C=O) groups is 2. The fourth-order valence-electron chi connectivity index (χ4n) is 12.7. The van der Waals surface area contributed by atoms with E-state index in [4.69, 9.17) is 18.5 Å². The van der Waals surface area contributed by atoms with Gasteiger partial charge in [-0.15, -0.1) is 0 Å². The van der Waals surface area contributed by atoms with Crippen molar-refractivity contribution in [3.63, 3.8) is 0 Å². The van der Waals surface area contributed by atoms with Crippen LogP contribution in [0.1, 0.15) is 425 Å². The van der Waals surface area contributed by atoms with Gasteiger partial charge in [0.25, 0.3) is 7.82 Å². The van der Waals surface area contributed by atoms with Gasteiger partial charge in [-0.3, -0.25) is 14.2 Å². The molecule has 0 radical (unpaired) electrons. The Bertz CT molecular complexity index is 1890. The van der Waals surface area contributed by atoms with E-state index in [-0.39, 0.29) is 32.0 Å². The number of ether oxygens (including phenoxy) is 2. The Labute approximate surface area is 609 Å². The van der Waals surface area contributed by atoms with E-state index in [1.54, 1.807) is 0 Å². The van der Waals surface area contributed by atoms with Gasteiger partial charge in [-0.05, 0) is 83.5 Å². The van der Waals surface area contributed by atoms with Gasteiger partial charge in [0, 0.05) is 12.8 Å². The van der Waals surface area contributed by atoms with Crippen LogP contribution in [0.2, 0.25) is 0 Å². The minimum absolute atomic E-state index is 0.0283. The van der Waals surface area contributed by atoms with Crippen LogP contribution < -0.4 is 4.89 Å². The van der Waals surface area contributed by atoms with E-state index in [0.29, 0.717) is 17.4 Å². The number of likely N-dealkylation sites (N-methyl/N-ethyl adjacent to an activating group) is 1. The van der Waals surface area contributed by atoms with Crippen molar-refractivity contribution < 1.29 is 42.1 Å². The van der Waals surface area contributed by atoms with Gasteiger partial charge in [0.1, 0.15) is 19.8 Å². The van der Waals surface area contributed by atoms with Crippen molar-refractivity contribution in [2.75, 3.05) is 47.5 Å². The lowest BCUT2D eigenvalue weighted by Crippen LogP contribution is -2.37. The van der Waals surface area contributed by atoms with Crippen LogP contribution >= 0.6 is 7.82 Å². The molecule has 0 bridgehead atoms. The van der Waals surface area contributed by atoms with Gasteiger partial charge in [-0.25, -0.2) is 0 Å². The van der Waals surface area contributed by atoms with Gasteiger partial charge in [0.05, 0.1) is 27.7 Å². The van der Waals surface area contributed by atoms with Crippen LogP contribution in [0.5, 0.6) is 0 Å². The Hall–Kier alpha value is -2.55. The van der Waals surface area contributed by atoms with Crippen molar-refractivity contribution in [1.29, 1.82) is 0 Å². The molecule has 2 atom stereocenters. The molecule has 98 heavy (non-hydrogen) atoms. The second-order valence-corrected chi connectivity index (χ2v) is 31.6. The normalized spacial score (nSPS) is 13.3. The topological polar surface area (TPSA) is 111 Å². The maximum atomic E-state index is 12.9. The first-order valence-electron chi connectivity index (χ1n) is 42.6. The van der Waals surface area contributed by atoms with Gasteiger partial charge in [-0.2, -0.15) is 0 Å². The molecule has 2 unspecified atom stereocenters. The molecule has 574 valence electrons. The highest BCUT2D eigenvalue weighted by Gasteiger charge is 2.22. The number of rotatable bonds is 80. The minimum Gasteiger partial charge on any atom is -0.756 e. The number of allylic oxidation sites excluding steroid dienone is 12. The molecule has 0 aliphatic carbocycles. The molecule has 0 aliphatic rings. The first-order chi connectivity index (χ1) is 48.0. The van der Waals surface area contributed by atoms with Crippen molar-refractivity contribution in [3.8, 4) is 0 Å². The molecule has 0 N–H and O–H groups in total. The van der Waals surface area contributed by atoms with E-state index >= 15 is 0 Å². The Morgan fingerprint density at radius 3 is 0.867 bits per heavy atom. The molecule has 0 amide bonds. The summed E-state index contributed by atoms with van der Waals surface area (Å²) in [6, 6.07) is 0. The van der Waals surface area contributed by atoms with E-state index in [1.165, 1.54) is 327 Å². The second-order valence-electron chi connectivity index (χ2n) is 30.2. The lowest BCUT2D eigenvalue weighted by atomic mass is 10.0. The number of hydrogen-bond acceptors (Lipinski definition) is 8. The third kappa shape index (κ3) is 82.4. The number of unbranched alkanes of at least 4 members (excludes halogenated alkanes) is 54. The zero-order chi connectivity index (χ0) is 71.1. The molecule has 0 aromatic rings. The minimum atomic E-state index is -4.65. The third-order valence-corrected chi connectivity index (χ3v) is 20.2. The highest BCUT2D eigenvalue weighted by atomic mass is 31.2. The Morgan fingerprint density at radius 2 is 0.582 bits per heavy atom. The molecule has 9 nitrogen and oxygen atoms in total. The van der Waals surface area contributed by atoms with Gasteiger partial charge in [0.15, 0.2) is 6.10 Å². The third-order valence-electron chi connectivity index (χ3n) is 19.2. The molecule has 0 aliphatic heterocycles. The first kappa shape index (κ1) is 95.5. The molecule has 0 saturated carbocycles. The molecule has 0 heterocycles. The van der Waals surface area contributed by atoms with E-state index in [0.717, 1.165) is 64.2 Å². The van der Waals surface area contributed by atoms with Gasteiger partial charge in [-0.1, -0.05) is 401 Å². The second kappa shape index (κ2) is 78.6. The van der Waals surface area contributed by atoms with Gasteiger partial charge >= 0.3 is 11.9 Å². The summed E-state index contributed by atoms with van der Waals surface area (Å²) in [4.78, 5) is 38.2. The van der Waals surface area contributed by atoms with Crippen molar-refractivity contribution in [2.45, 2.75) is 431 Å². The summed E-state index contributed by atoms with van der Waals surface area (Å²) in [5, 5.41) is 0. The number of esters is 2. The zero-order valence-corrected chi connectivity index (χ0v) is 66.6. The molecule has 0 rings (SSSR count). The smallest absolute Gasteiger partial charge is 0.306 e. The number of phosphoric acid groups is 1. The number of nitrogens with zero attached hydrogens (tertiary/aromatic N) is 1. The van der Waals surface area contributed by atoms with E-state index in [9.17, 15) is 19.0 Å². The Kier molecular flexibility index (Phi) is 76.5. The predicted octanol–water partition coefficient (Wildman–Crippen LogP) is 28.0. The summed E-state index contributed by atoms with van der Waals surface area (Å²) < 4.78 is 34.5. The fourth-order valence-corrected chi connectivity index (χ4v) is 13.5. The fraction of sp³-hybridized carbons (Fsp3) is 0.841. The van der Waals surface area contributed by atoms with E-state index in [1.807, 2.05) is 21.1 Å². The van der Waals surface area contributed by atoms with E-state index in [2.05, 4.69) is 86.8 Å². The highest BCUT2D eigenvalue weighted by molar-refractivity contribution is 7.45. The molecule has 0 aromatic carbocycles. The Morgan fingerprint density at radius 1 is 0.327 bits per heavy atom. The van der Waals surface area contributed by atoms with Crippen LogP contribution in [0.4, 0.5) is 0 Å².